The number of amides is 2. The fraction of sp³-hybridized carbons (Fsp3) is 0.227. The average molecular weight is 463 g/mol. The van der Waals surface area contributed by atoms with Gasteiger partial charge in [0.15, 0.2) is 0 Å². The van der Waals surface area contributed by atoms with E-state index in [-0.39, 0.29) is 28.3 Å². The number of hydrogen-bond donors (Lipinski definition) is 1. The Labute approximate surface area is 189 Å². The monoisotopic (exact) mass is 462 g/mol. The number of ether oxygens (including phenoxy) is 2. The van der Waals surface area contributed by atoms with Gasteiger partial charge in [0.2, 0.25) is 0 Å². The third kappa shape index (κ3) is 4.52. The van der Waals surface area contributed by atoms with Gasteiger partial charge in [-0.2, -0.15) is 0 Å². The molecule has 9 heteroatoms. The summed E-state index contributed by atoms with van der Waals surface area (Å²) in [5.41, 5.74) is 1.65. The summed E-state index contributed by atoms with van der Waals surface area (Å²) in [6.07, 6.45) is -0.240. The van der Waals surface area contributed by atoms with Crippen molar-refractivity contribution < 1.29 is 23.9 Å². The second-order valence-electron chi connectivity index (χ2n) is 7.06. The van der Waals surface area contributed by atoms with Gasteiger partial charge in [0.05, 0.1) is 24.5 Å². The number of methoxy groups -OCH3 is 1. The highest BCUT2D eigenvalue weighted by atomic mass is 35.5. The van der Waals surface area contributed by atoms with Crippen LogP contribution in [0.4, 0.5) is 11.4 Å². The highest BCUT2D eigenvalue weighted by molar-refractivity contribution is 6.53. The van der Waals surface area contributed by atoms with Crippen LogP contribution in [0.15, 0.2) is 47.1 Å². The van der Waals surface area contributed by atoms with Crippen LogP contribution in [0, 0.1) is 6.92 Å². The minimum atomic E-state index is -0.689. The normalized spacial score (nSPS) is 13.8. The van der Waals surface area contributed by atoms with Crippen LogP contribution in [0.3, 0.4) is 0 Å². The number of nitrogens with one attached hydrogen (secondary N) is 1. The predicted octanol–water partition coefficient (Wildman–Crippen LogP) is 4.66. The second kappa shape index (κ2) is 8.99. The van der Waals surface area contributed by atoms with Gasteiger partial charge in [-0.3, -0.25) is 9.59 Å². The molecule has 1 heterocycles. The first kappa shape index (κ1) is 22.7. The third-order valence-corrected chi connectivity index (χ3v) is 5.22. The molecule has 1 aliphatic rings. The number of aryl methyl sites for hydroxylation is 1. The Bertz CT molecular complexity index is 1090. The Morgan fingerprint density at radius 1 is 1.06 bits per heavy atom. The Kier molecular flexibility index (Phi) is 6.57. The molecule has 0 bridgehead atoms. The van der Waals surface area contributed by atoms with Gasteiger partial charge in [-0.1, -0.05) is 23.2 Å². The molecule has 0 aliphatic carbocycles. The van der Waals surface area contributed by atoms with Crippen LogP contribution >= 0.6 is 23.2 Å². The van der Waals surface area contributed by atoms with Crippen molar-refractivity contribution in [2.45, 2.75) is 26.9 Å². The first-order chi connectivity index (χ1) is 14.6. The van der Waals surface area contributed by atoms with Crippen LogP contribution in [-0.4, -0.2) is 31.0 Å². The molecule has 31 heavy (non-hydrogen) atoms. The number of benzene rings is 2. The van der Waals surface area contributed by atoms with Gasteiger partial charge in [-0.25, -0.2) is 9.69 Å². The topological polar surface area (TPSA) is 84.9 Å². The minimum absolute atomic E-state index is 0.0844. The summed E-state index contributed by atoms with van der Waals surface area (Å²) < 4.78 is 10.4. The van der Waals surface area contributed by atoms with Crippen LogP contribution in [0.1, 0.15) is 29.8 Å². The third-order valence-electron chi connectivity index (χ3n) is 4.46. The van der Waals surface area contributed by atoms with Crippen LogP contribution in [0.5, 0.6) is 5.75 Å². The molecular weight excluding hydrogens is 443 g/mol. The highest BCUT2D eigenvalue weighted by Crippen LogP contribution is 2.38. The maximum absolute atomic E-state index is 13.0. The maximum Gasteiger partial charge on any atom is 0.338 e. The molecule has 0 saturated carbocycles. The molecule has 162 valence electrons. The van der Waals surface area contributed by atoms with E-state index in [1.54, 1.807) is 51.1 Å². The Hall–Kier alpha value is -3.03. The average Bonchev–Trinajstić information content (AvgIpc) is 2.93. The maximum atomic E-state index is 13.0. The predicted molar refractivity (Wildman–Crippen MR) is 119 cm³/mol. The lowest BCUT2D eigenvalue weighted by atomic mass is 10.2. The lowest BCUT2D eigenvalue weighted by Crippen LogP contribution is -2.32. The number of anilines is 2. The summed E-state index contributed by atoms with van der Waals surface area (Å²) in [6.45, 7) is 5.26. The molecule has 0 saturated heterocycles. The summed E-state index contributed by atoms with van der Waals surface area (Å²) in [4.78, 5) is 38.7. The van der Waals surface area contributed by atoms with Gasteiger partial charge in [0.1, 0.15) is 16.5 Å². The zero-order chi connectivity index (χ0) is 22.9. The van der Waals surface area contributed by atoms with E-state index in [1.165, 1.54) is 13.2 Å². The van der Waals surface area contributed by atoms with Crippen LogP contribution < -0.4 is 15.0 Å². The SMILES string of the molecule is COc1cc(Cl)c(C)cc1N1C(=O)C(Cl)=C(Nc2ccc(C(=O)OC(C)C)cc2)C1=O. The molecule has 0 unspecified atom stereocenters. The van der Waals surface area contributed by atoms with Gasteiger partial charge in [-0.05, 0) is 56.7 Å². The summed E-state index contributed by atoms with van der Waals surface area (Å²) in [5, 5.41) is 3.03. The van der Waals surface area contributed by atoms with Crippen molar-refractivity contribution in [3.05, 3.63) is 63.3 Å². The Balaban J connectivity index is 1.86. The molecule has 0 spiro atoms. The standard InChI is InChI=1S/C22H20Cl2N2O5/c1-11(2)31-22(29)13-5-7-14(8-6-13)25-19-18(24)20(27)26(21(19)28)16-9-12(3)15(23)10-17(16)30-4/h5-11,25H,1-4H3. The fourth-order valence-electron chi connectivity index (χ4n) is 2.93. The number of carbonyl (C=O) groups excluding carboxylic acids is 3. The zero-order valence-electron chi connectivity index (χ0n) is 17.3. The first-order valence-corrected chi connectivity index (χ1v) is 10.1. The molecule has 1 aliphatic heterocycles. The number of rotatable bonds is 6. The van der Waals surface area contributed by atoms with Gasteiger partial charge in [-0.15, -0.1) is 0 Å². The van der Waals surface area contributed by atoms with Crippen molar-refractivity contribution in [3.8, 4) is 5.75 Å². The summed E-state index contributed by atoms with van der Waals surface area (Å²) in [5.74, 6) is -1.53. The van der Waals surface area contributed by atoms with E-state index in [0.717, 1.165) is 4.90 Å². The quantitative estimate of drug-likeness (QED) is 0.496. The van der Waals surface area contributed by atoms with Crippen LogP contribution in [0.25, 0.3) is 0 Å². The molecule has 2 aromatic rings. The van der Waals surface area contributed by atoms with Crippen molar-refractivity contribution in [3.63, 3.8) is 0 Å². The van der Waals surface area contributed by atoms with Gasteiger partial charge < -0.3 is 14.8 Å². The number of halogens is 2. The number of hydrogen-bond acceptors (Lipinski definition) is 6. The molecule has 7 nitrogen and oxygen atoms in total. The fourth-order valence-corrected chi connectivity index (χ4v) is 3.30. The van der Waals surface area contributed by atoms with E-state index >= 15 is 0 Å². The molecule has 0 aromatic heterocycles. The molecule has 0 radical (unpaired) electrons. The summed E-state index contributed by atoms with van der Waals surface area (Å²) in [7, 11) is 1.41. The van der Waals surface area contributed by atoms with E-state index in [4.69, 9.17) is 32.7 Å². The van der Waals surface area contributed by atoms with Crippen LogP contribution in [-0.2, 0) is 14.3 Å². The molecule has 3 rings (SSSR count). The smallest absolute Gasteiger partial charge is 0.338 e. The summed E-state index contributed by atoms with van der Waals surface area (Å²) in [6, 6.07) is 9.38. The lowest BCUT2D eigenvalue weighted by Gasteiger charge is -2.19. The van der Waals surface area contributed by atoms with E-state index in [2.05, 4.69) is 5.32 Å². The van der Waals surface area contributed by atoms with E-state index < -0.39 is 17.8 Å². The number of nitrogens with zero attached hydrogens (tertiary/aromatic N) is 1. The first-order valence-electron chi connectivity index (χ1n) is 9.34. The Morgan fingerprint density at radius 2 is 1.71 bits per heavy atom. The van der Waals surface area contributed by atoms with Crippen molar-refractivity contribution in [2.24, 2.45) is 0 Å². The van der Waals surface area contributed by atoms with Gasteiger partial charge in [0.25, 0.3) is 11.8 Å². The van der Waals surface area contributed by atoms with Crippen molar-refractivity contribution in [2.75, 3.05) is 17.3 Å². The largest absolute Gasteiger partial charge is 0.494 e. The van der Waals surface area contributed by atoms with Gasteiger partial charge >= 0.3 is 5.97 Å². The van der Waals surface area contributed by atoms with E-state index in [0.29, 0.717) is 21.8 Å². The second-order valence-corrected chi connectivity index (χ2v) is 7.85. The van der Waals surface area contributed by atoms with Crippen LogP contribution in [0.2, 0.25) is 5.02 Å². The minimum Gasteiger partial charge on any atom is -0.494 e. The number of imide groups is 1. The van der Waals surface area contributed by atoms with Crippen molar-refractivity contribution in [1.82, 2.24) is 0 Å². The number of esters is 1. The molecular formula is C22H20Cl2N2O5. The molecule has 0 atom stereocenters. The summed E-state index contributed by atoms with van der Waals surface area (Å²) >= 11 is 12.3. The lowest BCUT2D eigenvalue weighted by molar-refractivity contribution is -0.120. The zero-order valence-corrected chi connectivity index (χ0v) is 18.8. The Morgan fingerprint density at radius 3 is 2.29 bits per heavy atom. The van der Waals surface area contributed by atoms with Crippen molar-refractivity contribution in [1.29, 1.82) is 0 Å². The molecule has 2 amide bonds. The molecule has 1 N–H and O–H groups in total. The van der Waals surface area contributed by atoms with E-state index in [1.807, 2.05) is 0 Å². The molecule has 2 aromatic carbocycles. The number of carbonyl (C=O) groups is 3. The highest BCUT2D eigenvalue weighted by Gasteiger charge is 2.40. The van der Waals surface area contributed by atoms with Crippen molar-refractivity contribution >= 4 is 52.4 Å². The molecule has 0 fully saturated rings. The van der Waals surface area contributed by atoms with Gasteiger partial charge in [0, 0.05) is 16.8 Å². The van der Waals surface area contributed by atoms with E-state index in [9.17, 15) is 14.4 Å².